The minimum Gasteiger partial charge on any atom is -0.310 e. The lowest BCUT2D eigenvalue weighted by atomic mass is 9.82. The van der Waals surface area contributed by atoms with Gasteiger partial charge in [-0.05, 0) is 110 Å². The zero-order chi connectivity index (χ0) is 38.1. The molecular weight excluding hydrogens is 689 g/mol. The zero-order valence-corrected chi connectivity index (χ0v) is 32.0. The Balaban J connectivity index is 1.13. The first-order chi connectivity index (χ1) is 28.0. The average molecular weight is 729 g/mol. The maximum atomic E-state index is 2.45. The highest BCUT2D eigenvalue weighted by Gasteiger charge is 2.35. The summed E-state index contributed by atoms with van der Waals surface area (Å²) < 4.78 is 2.45. The quantitative estimate of drug-likeness (QED) is 0.165. The van der Waals surface area contributed by atoms with E-state index in [-0.39, 0.29) is 5.41 Å². The number of nitrogens with zero attached hydrogens (tertiary/aromatic N) is 2. The molecule has 57 heavy (non-hydrogen) atoms. The van der Waals surface area contributed by atoms with E-state index in [1.54, 1.807) is 0 Å². The van der Waals surface area contributed by atoms with Crippen molar-refractivity contribution in [3.8, 4) is 39.1 Å². The summed E-state index contributed by atoms with van der Waals surface area (Å²) in [6, 6.07) is 75.6. The first kappa shape index (κ1) is 33.2. The van der Waals surface area contributed by atoms with Crippen LogP contribution in [0.3, 0.4) is 0 Å². The fraction of sp³-hybridized carbons (Fsp3) is 0.0545. The second-order valence-corrected chi connectivity index (χ2v) is 15.8. The molecule has 0 saturated carbocycles. The fourth-order valence-electron chi connectivity index (χ4n) is 9.34. The Morgan fingerprint density at radius 1 is 0.386 bits per heavy atom. The molecule has 1 aliphatic rings. The molecule has 0 spiro atoms. The standard InChI is InChI=1S/C55H40N2/c1-55(2)50-20-12-11-19-47(50)48-32-30-44(35-51(48)55)56(42-26-21-39(22-27-42)37-13-5-3-6-14-37)45-31-33-49-53(36-45)57(52-34-25-41-17-9-10-18-46(41)54(49)52)43-28-23-40(24-29-43)38-15-7-4-8-16-38/h3-36H,1-2H3. The molecule has 0 unspecified atom stereocenters. The van der Waals surface area contributed by atoms with Gasteiger partial charge in [0.05, 0.1) is 11.0 Å². The molecule has 270 valence electrons. The molecule has 0 radical (unpaired) electrons. The molecule has 2 nitrogen and oxygen atoms in total. The Hall–Kier alpha value is -7.16. The minimum absolute atomic E-state index is 0.117. The van der Waals surface area contributed by atoms with Gasteiger partial charge in [0.15, 0.2) is 0 Å². The number of hydrogen-bond acceptors (Lipinski definition) is 1. The number of anilines is 3. The van der Waals surface area contributed by atoms with Crippen LogP contribution in [0.25, 0.3) is 71.6 Å². The molecule has 0 N–H and O–H groups in total. The lowest BCUT2D eigenvalue weighted by Gasteiger charge is -2.28. The van der Waals surface area contributed by atoms with Crippen molar-refractivity contribution in [2.75, 3.05) is 4.90 Å². The van der Waals surface area contributed by atoms with Gasteiger partial charge in [-0.2, -0.15) is 0 Å². The Morgan fingerprint density at radius 2 is 0.947 bits per heavy atom. The Kier molecular flexibility index (Phi) is 7.55. The van der Waals surface area contributed by atoms with E-state index >= 15 is 0 Å². The van der Waals surface area contributed by atoms with Crippen LogP contribution in [0.2, 0.25) is 0 Å². The molecule has 11 rings (SSSR count). The van der Waals surface area contributed by atoms with Crippen molar-refractivity contribution in [1.29, 1.82) is 0 Å². The van der Waals surface area contributed by atoms with Crippen LogP contribution >= 0.6 is 0 Å². The topological polar surface area (TPSA) is 8.17 Å². The second-order valence-electron chi connectivity index (χ2n) is 15.8. The van der Waals surface area contributed by atoms with Crippen LogP contribution in [0.5, 0.6) is 0 Å². The van der Waals surface area contributed by atoms with Gasteiger partial charge in [-0.15, -0.1) is 0 Å². The summed E-state index contributed by atoms with van der Waals surface area (Å²) in [5, 5.41) is 5.02. The second kappa shape index (κ2) is 13.0. The molecule has 0 atom stereocenters. The van der Waals surface area contributed by atoms with Crippen molar-refractivity contribution in [3.05, 3.63) is 217 Å². The largest absolute Gasteiger partial charge is 0.310 e. The fourth-order valence-corrected chi connectivity index (χ4v) is 9.34. The SMILES string of the molecule is CC1(C)c2ccccc2-c2ccc(N(c3ccc(-c4ccccc4)cc3)c3ccc4c5c6ccccc6ccc5n(-c5ccc(-c6ccccc6)cc5)c4c3)cc21. The van der Waals surface area contributed by atoms with Gasteiger partial charge in [0.2, 0.25) is 0 Å². The van der Waals surface area contributed by atoms with E-state index in [1.165, 1.54) is 77.1 Å². The van der Waals surface area contributed by atoms with Gasteiger partial charge in [-0.25, -0.2) is 0 Å². The van der Waals surface area contributed by atoms with Crippen molar-refractivity contribution in [2.45, 2.75) is 19.3 Å². The minimum atomic E-state index is -0.117. The van der Waals surface area contributed by atoms with E-state index in [4.69, 9.17) is 0 Å². The van der Waals surface area contributed by atoms with E-state index in [0.717, 1.165) is 22.7 Å². The predicted molar refractivity (Wildman–Crippen MR) is 241 cm³/mol. The third-order valence-corrected chi connectivity index (χ3v) is 12.2. The predicted octanol–water partition coefficient (Wildman–Crippen LogP) is 15.0. The summed E-state index contributed by atoms with van der Waals surface area (Å²) in [7, 11) is 0. The molecule has 0 amide bonds. The van der Waals surface area contributed by atoms with Gasteiger partial charge in [0.25, 0.3) is 0 Å². The van der Waals surface area contributed by atoms with Crippen LogP contribution in [0.1, 0.15) is 25.0 Å². The molecule has 9 aromatic carbocycles. The molecule has 1 heterocycles. The first-order valence-electron chi connectivity index (χ1n) is 19.8. The van der Waals surface area contributed by atoms with Crippen LogP contribution in [0, 0.1) is 0 Å². The third kappa shape index (κ3) is 5.33. The Morgan fingerprint density at radius 3 is 1.68 bits per heavy atom. The highest BCUT2D eigenvalue weighted by Crippen LogP contribution is 2.51. The van der Waals surface area contributed by atoms with Gasteiger partial charge in [-0.3, -0.25) is 0 Å². The molecule has 1 aliphatic carbocycles. The lowest BCUT2D eigenvalue weighted by Crippen LogP contribution is -2.16. The van der Waals surface area contributed by atoms with Crippen molar-refractivity contribution in [1.82, 2.24) is 4.57 Å². The summed E-state index contributed by atoms with van der Waals surface area (Å²) >= 11 is 0. The number of fused-ring (bicyclic) bond motifs is 8. The molecule has 10 aromatic rings. The molecule has 1 aromatic heterocycles. The van der Waals surface area contributed by atoms with Gasteiger partial charge < -0.3 is 9.47 Å². The maximum Gasteiger partial charge on any atom is 0.0562 e. The van der Waals surface area contributed by atoms with Crippen LogP contribution in [0.15, 0.2) is 206 Å². The smallest absolute Gasteiger partial charge is 0.0562 e. The van der Waals surface area contributed by atoms with Crippen LogP contribution in [-0.4, -0.2) is 4.57 Å². The highest BCUT2D eigenvalue weighted by atomic mass is 15.1. The molecule has 0 aliphatic heterocycles. The molecule has 0 bridgehead atoms. The van der Waals surface area contributed by atoms with E-state index in [1.807, 2.05) is 0 Å². The number of rotatable bonds is 6. The normalized spacial score (nSPS) is 12.9. The summed E-state index contributed by atoms with van der Waals surface area (Å²) in [4.78, 5) is 2.44. The van der Waals surface area contributed by atoms with Crippen molar-refractivity contribution in [2.24, 2.45) is 0 Å². The van der Waals surface area contributed by atoms with Crippen LogP contribution in [-0.2, 0) is 5.41 Å². The lowest BCUT2D eigenvalue weighted by molar-refractivity contribution is 0.660. The summed E-state index contributed by atoms with van der Waals surface area (Å²) in [5.74, 6) is 0. The van der Waals surface area contributed by atoms with Gasteiger partial charge in [0, 0.05) is 38.9 Å². The van der Waals surface area contributed by atoms with Crippen molar-refractivity contribution < 1.29 is 0 Å². The average Bonchev–Trinajstić information content (AvgIpc) is 3.73. The Labute approximate surface area is 333 Å². The van der Waals surface area contributed by atoms with E-state index in [9.17, 15) is 0 Å². The molecule has 0 fully saturated rings. The third-order valence-electron chi connectivity index (χ3n) is 12.2. The molecular formula is C55H40N2. The highest BCUT2D eigenvalue weighted by molar-refractivity contribution is 6.21. The molecule has 2 heteroatoms. The van der Waals surface area contributed by atoms with Gasteiger partial charge in [-0.1, -0.05) is 166 Å². The zero-order valence-electron chi connectivity index (χ0n) is 32.0. The summed E-state index contributed by atoms with van der Waals surface area (Å²) in [6.45, 7) is 4.72. The van der Waals surface area contributed by atoms with E-state index < -0.39 is 0 Å². The summed E-state index contributed by atoms with van der Waals surface area (Å²) in [5.41, 5.74) is 17.0. The van der Waals surface area contributed by atoms with Crippen molar-refractivity contribution >= 4 is 49.6 Å². The van der Waals surface area contributed by atoms with Crippen LogP contribution in [0.4, 0.5) is 17.1 Å². The first-order valence-corrected chi connectivity index (χ1v) is 19.8. The van der Waals surface area contributed by atoms with E-state index in [2.05, 4.69) is 230 Å². The van der Waals surface area contributed by atoms with Gasteiger partial charge >= 0.3 is 0 Å². The summed E-state index contributed by atoms with van der Waals surface area (Å²) in [6.07, 6.45) is 0. The molecule has 0 saturated heterocycles. The van der Waals surface area contributed by atoms with E-state index in [0.29, 0.717) is 0 Å². The van der Waals surface area contributed by atoms with Crippen LogP contribution < -0.4 is 4.90 Å². The number of aromatic nitrogens is 1. The Bertz CT molecular complexity index is 3120. The number of benzene rings is 9. The number of hydrogen-bond donors (Lipinski definition) is 0. The van der Waals surface area contributed by atoms with Gasteiger partial charge in [0.1, 0.15) is 0 Å². The maximum absolute atomic E-state index is 2.45. The monoisotopic (exact) mass is 728 g/mol. The van der Waals surface area contributed by atoms with Crippen molar-refractivity contribution in [3.63, 3.8) is 0 Å².